The molecule has 2 aromatic heterocycles. The molecular formula is C30H38N2O2S. The highest BCUT2D eigenvalue weighted by Gasteiger charge is 2.39. The summed E-state index contributed by atoms with van der Waals surface area (Å²) in [6, 6.07) is 10.5. The van der Waals surface area contributed by atoms with E-state index in [9.17, 15) is 4.79 Å². The lowest BCUT2D eigenvalue weighted by molar-refractivity contribution is 0.430. The lowest BCUT2D eigenvalue weighted by Gasteiger charge is -2.45. The van der Waals surface area contributed by atoms with Gasteiger partial charge in [-0.15, -0.1) is 11.3 Å². The van der Waals surface area contributed by atoms with E-state index in [-0.39, 0.29) is 11.0 Å². The monoisotopic (exact) mass is 490 g/mol. The van der Waals surface area contributed by atoms with Gasteiger partial charge in [0.05, 0.1) is 15.2 Å². The maximum absolute atomic E-state index is 12.3. The SMILES string of the molecule is CC.Cc1c(C)c2cc3c4c(c2oc1=O)C(C)(C)CCN4CCC3C.Cc1nc2ccccc2s1. The summed E-state index contributed by atoms with van der Waals surface area (Å²) in [5.74, 6) is 0.560. The highest BCUT2D eigenvalue weighted by molar-refractivity contribution is 7.18. The highest BCUT2D eigenvalue weighted by Crippen LogP contribution is 2.50. The number of aromatic nitrogens is 1. The maximum Gasteiger partial charge on any atom is 0.339 e. The van der Waals surface area contributed by atoms with Gasteiger partial charge in [-0.2, -0.15) is 0 Å². The van der Waals surface area contributed by atoms with Gasteiger partial charge in [-0.05, 0) is 74.3 Å². The van der Waals surface area contributed by atoms with Crippen molar-refractivity contribution in [2.24, 2.45) is 0 Å². The van der Waals surface area contributed by atoms with Gasteiger partial charge in [0.1, 0.15) is 5.58 Å². The van der Waals surface area contributed by atoms with Gasteiger partial charge >= 0.3 is 5.63 Å². The minimum absolute atomic E-state index is 0.0365. The summed E-state index contributed by atoms with van der Waals surface area (Å²) in [4.78, 5) is 19.1. The normalized spacial score (nSPS) is 17.8. The van der Waals surface area contributed by atoms with Crippen LogP contribution in [-0.4, -0.2) is 18.1 Å². The molecule has 5 heteroatoms. The number of hydrogen-bond acceptors (Lipinski definition) is 5. The van der Waals surface area contributed by atoms with E-state index in [4.69, 9.17) is 4.42 Å². The molecule has 4 aromatic rings. The highest BCUT2D eigenvalue weighted by atomic mass is 32.1. The Kier molecular flexibility index (Phi) is 7.10. The third-order valence-corrected chi connectivity index (χ3v) is 8.46. The second kappa shape index (κ2) is 9.77. The number of anilines is 1. The number of fused-ring (bicyclic) bond motifs is 3. The van der Waals surface area contributed by atoms with Crippen molar-refractivity contribution in [3.8, 4) is 0 Å². The molecule has 1 unspecified atom stereocenters. The van der Waals surface area contributed by atoms with Gasteiger partial charge in [0, 0.05) is 35.3 Å². The topological polar surface area (TPSA) is 46.3 Å². The number of benzene rings is 2. The second-order valence-corrected chi connectivity index (χ2v) is 11.5. The first-order chi connectivity index (χ1) is 16.7. The lowest BCUT2D eigenvalue weighted by atomic mass is 9.72. The Morgan fingerprint density at radius 3 is 2.51 bits per heavy atom. The van der Waals surface area contributed by atoms with Crippen molar-refractivity contribution in [1.82, 2.24) is 4.98 Å². The number of rotatable bonds is 0. The molecule has 0 aliphatic carbocycles. The quantitative estimate of drug-likeness (QED) is 0.234. The lowest BCUT2D eigenvalue weighted by Crippen LogP contribution is -2.41. The minimum atomic E-state index is -0.192. The van der Waals surface area contributed by atoms with E-state index in [0.29, 0.717) is 5.92 Å². The van der Waals surface area contributed by atoms with Crippen LogP contribution in [0.5, 0.6) is 0 Å². The average Bonchev–Trinajstić information content (AvgIpc) is 3.23. The van der Waals surface area contributed by atoms with Crippen LogP contribution in [0.25, 0.3) is 21.2 Å². The van der Waals surface area contributed by atoms with E-state index in [1.807, 2.05) is 45.9 Å². The Bertz CT molecular complexity index is 1400. The summed E-state index contributed by atoms with van der Waals surface area (Å²) >= 11 is 1.74. The van der Waals surface area contributed by atoms with E-state index < -0.39 is 0 Å². The van der Waals surface area contributed by atoms with Gasteiger partial charge in [0.15, 0.2) is 0 Å². The first-order valence-corrected chi connectivity index (χ1v) is 13.7. The van der Waals surface area contributed by atoms with E-state index in [0.717, 1.165) is 52.1 Å². The zero-order valence-corrected chi connectivity index (χ0v) is 23.2. The van der Waals surface area contributed by atoms with Crippen molar-refractivity contribution >= 4 is 38.2 Å². The number of para-hydroxylation sites is 1. The molecular weight excluding hydrogens is 452 g/mol. The van der Waals surface area contributed by atoms with Crippen molar-refractivity contribution in [2.45, 2.75) is 79.6 Å². The van der Waals surface area contributed by atoms with E-state index in [1.54, 1.807) is 11.3 Å². The predicted molar refractivity (Wildman–Crippen MR) is 151 cm³/mol. The number of aryl methyl sites for hydroxylation is 2. The molecule has 4 nitrogen and oxygen atoms in total. The fourth-order valence-electron chi connectivity index (χ4n) is 5.30. The maximum atomic E-state index is 12.3. The molecule has 1 atom stereocenters. The van der Waals surface area contributed by atoms with Crippen LogP contribution in [0.2, 0.25) is 0 Å². The van der Waals surface area contributed by atoms with Crippen molar-refractivity contribution in [3.63, 3.8) is 0 Å². The van der Waals surface area contributed by atoms with Crippen LogP contribution in [0.15, 0.2) is 39.5 Å². The van der Waals surface area contributed by atoms with Crippen LogP contribution in [-0.2, 0) is 5.41 Å². The van der Waals surface area contributed by atoms with Crippen molar-refractivity contribution in [2.75, 3.05) is 18.0 Å². The summed E-state index contributed by atoms with van der Waals surface area (Å²) in [6.07, 6.45) is 2.30. The van der Waals surface area contributed by atoms with Crippen LogP contribution in [0, 0.1) is 20.8 Å². The molecule has 0 amide bonds. The summed E-state index contributed by atoms with van der Waals surface area (Å²) < 4.78 is 7.11. The fourth-order valence-corrected chi connectivity index (χ4v) is 6.12. The molecule has 0 bridgehead atoms. The number of hydrogen-bond donors (Lipinski definition) is 0. The van der Waals surface area contributed by atoms with Gasteiger partial charge in [0.25, 0.3) is 0 Å². The molecule has 2 aromatic carbocycles. The minimum Gasteiger partial charge on any atom is -0.422 e. The summed E-state index contributed by atoms with van der Waals surface area (Å²) in [6.45, 7) is 19.0. The van der Waals surface area contributed by atoms with E-state index >= 15 is 0 Å². The van der Waals surface area contributed by atoms with Gasteiger partial charge in [0.2, 0.25) is 0 Å². The Labute approximate surface area is 213 Å². The first kappa shape index (κ1) is 25.4. The summed E-state index contributed by atoms with van der Waals surface area (Å²) in [5.41, 5.74) is 7.62. The average molecular weight is 491 g/mol. The Morgan fingerprint density at radius 2 is 1.80 bits per heavy atom. The molecule has 0 N–H and O–H groups in total. The molecule has 0 fully saturated rings. The van der Waals surface area contributed by atoms with Crippen LogP contribution in [0.3, 0.4) is 0 Å². The molecule has 186 valence electrons. The standard InChI is InChI=1S/C20H25NO2.C8H7NS.C2H6/c1-11-6-8-21-9-7-20(4,5)16-17(21)14(11)10-15-12(2)13(3)19(22)23-18(15)16;1-6-9-7-4-2-3-5-8(7)10-6;1-2/h10-11H,6-9H2,1-5H3;2-5H,1H3;1-2H3. The Morgan fingerprint density at radius 1 is 1.09 bits per heavy atom. The fraction of sp³-hybridized carbons (Fsp3) is 0.467. The van der Waals surface area contributed by atoms with Crippen molar-refractivity contribution in [3.05, 3.63) is 68.0 Å². The van der Waals surface area contributed by atoms with Crippen LogP contribution < -0.4 is 10.5 Å². The molecule has 2 aliphatic rings. The molecule has 2 aliphatic heterocycles. The summed E-state index contributed by atoms with van der Waals surface area (Å²) in [7, 11) is 0. The van der Waals surface area contributed by atoms with E-state index in [1.165, 1.54) is 27.9 Å². The molecule has 6 rings (SSSR count). The molecule has 4 heterocycles. The van der Waals surface area contributed by atoms with Gasteiger partial charge in [-0.25, -0.2) is 9.78 Å². The Hall–Kier alpha value is -2.66. The number of nitrogens with zero attached hydrogens (tertiary/aromatic N) is 2. The van der Waals surface area contributed by atoms with Crippen molar-refractivity contribution < 1.29 is 4.42 Å². The largest absolute Gasteiger partial charge is 0.422 e. The van der Waals surface area contributed by atoms with Crippen LogP contribution in [0.4, 0.5) is 5.69 Å². The molecule has 0 radical (unpaired) electrons. The van der Waals surface area contributed by atoms with Gasteiger partial charge in [-0.3, -0.25) is 0 Å². The van der Waals surface area contributed by atoms with Crippen molar-refractivity contribution in [1.29, 1.82) is 0 Å². The third kappa shape index (κ3) is 4.51. The Balaban J connectivity index is 0.000000200. The molecule has 0 saturated carbocycles. The molecule has 0 spiro atoms. The molecule has 0 saturated heterocycles. The van der Waals surface area contributed by atoms with Gasteiger partial charge in [-0.1, -0.05) is 46.8 Å². The molecule has 35 heavy (non-hydrogen) atoms. The number of thiazole rings is 1. The van der Waals surface area contributed by atoms with E-state index in [2.05, 4.69) is 49.7 Å². The second-order valence-electron chi connectivity index (χ2n) is 10.2. The first-order valence-electron chi connectivity index (χ1n) is 12.9. The van der Waals surface area contributed by atoms with Gasteiger partial charge < -0.3 is 9.32 Å². The zero-order chi connectivity index (χ0) is 25.5. The third-order valence-electron chi connectivity index (χ3n) is 7.51. The van der Waals surface area contributed by atoms with Crippen LogP contribution in [0.1, 0.15) is 80.6 Å². The summed E-state index contributed by atoms with van der Waals surface area (Å²) in [5, 5.41) is 2.26. The smallest absolute Gasteiger partial charge is 0.339 e. The predicted octanol–water partition coefficient (Wildman–Crippen LogP) is 8.04. The zero-order valence-electron chi connectivity index (χ0n) is 22.4. The van der Waals surface area contributed by atoms with Crippen LogP contribution >= 0.6 is 11.3 Å².